The Morgan fingerprint density at radius 1 is 1.02 bits per heavy atom. The van der Waals surface area contributed by atoms with Gasteiger partial charge in [-0.05, 0) is 91.9 Å². The van der Waals surface area contributed by atoms with Crippen LogP contribution in [0, 0.1) is 17.1 Å². The molecule has 4 N–H and O–H groups in total. The maximum Gasteiger partial charge on any atom is 0.417 e. The zero-order valence-corrected chi connectivity index (χ0v) is 33.7. The van der Waals surface area contributed by atoms with E-state index in [2.05, 4.69) is 31.0 Å². The standard InChI is InChI=1S/C43H40F4N8O5S/c1-42(58,41(57)53-30-14-11-27(21-48)33(20-30)43(45,46)47)23-61(59,60)31-15-7-25(8-16-31)6-4-3-5-17-49-29-12-9-26(10-13-29)38-37(40-51-24-52-55(40)2)39-36-32(35(56)22-50-39)18-28(44)19-34(36)54-38/h7-16,18-20,24,37-38,49,54,58H,3-6,17,22-23H2,1-2H3,(H,53,57)/t37-,38-,42?/m1/s1. The van der Waals surface area contributed by atoms with Crippen molar-refractivity contribution in [3.8, 4) is 6.07 Å². The number of benzene rings is 4. The van der Waals surface area contributed by atoms with Gasteiger partial charge in [0.1, 0.15) is 24.5 Å². The Kier molecular flexibility index (Phi) is 11.8. The van der Waals surface area contributed by atoms with Gasteiger partial charge < -0.3 is 21.1 Å². The number of halogens is 4. The van der Waals surface area contributed by atoms with E-state index < -0.39 is 56.1 Å². The fraction of sp³-hybridized carbons (Fsp3) is 0.302. The minimum Gasteiger partial charge on any atom is -0.385 e. The minimum atomic E-state index is -4.88. The van der Waals surface area contributed by atoms with Crippen LogP contribution in [-0.4, -0.2) is 70.1 Å². The fourth-order valence-electron chi connectivity index (χ4n) is 7.61. The molecule has 2 aliphatic rings. The highest BCUT2D eigenvalue weighted by Crippen LogP contribution is 2.45. The summed E-state index contributed by atoms with van der Waals surface area (Å²) in [6.07, 6.45) is -0.183. The molecule has 7 rings (SSSR count). The van der Waals surface area contributed by atoms with E-state index >= 15 is 0 Å². The van der Waals surface area contributed by atoms with E-state index in [-0.39, 0.29) is 29.0 Å². The summed E-state index contributed by atoms with van der Waals surface area (Å²) in [7, 11) is -2.41. The smallest absolute Gasteiger partial charge is 0.385 e. The zero-order valence-electron chi connectivity index (χ0n) is 32.9. The summed E-state index contributed by atoms with van der Waals surface area (Å²) in [5.41, 5.74) is -0.0365. The van der Waals surface area contributed by atoms with Crippen molar-refractivity contribution in [3.05, 3.63) is 130 Å². The number of carbonyl (C=O) groups excluding carboxylic acids is 2. The van der Waals surface area contributed by atoms with Gasteiger partial charge in [-0.3, -0.25) is 19.3 Å². The van der Waals surface area contributed by atoms with Crippen LogP contribution in [0.25, 0.3) is 0 Å². The predicted molar refractivity (Wildman–Crippen MR) is 219 cm³/mol. The van der Waals surface area contributed by atoms with Gasteiger partial charge in [-0.2, -0.15) is 23.5 Å². The lowest BCUT2D eigenvalue weighted by molar-refractivity contribution is -0.137. The van der Waals surface area contributed by atoms with E-state index in [9.17, 15) is 40.7 Å². The van der Waals surface area contributed by atoms with Crippen molar-refractivity contribution >= 4 is 44.3 Å². The highest BCUT2D eigenvalue weighted by molar-refractivity contribution is 7.91. The van der Waals surface area contributed by atoms with Gasteiger partial charge in [-0.25, -0.2) is 17.8 Å². The number of nitrogens with zero attached hydrogens (tertiary/aromatic N) is 5. The van der Waals surface area contributed by atoms with Crippen LogP contribution in [-0.2, 0) is 34.3 Å². The number of aryl methyl sites for hydroxylation is 2. The molecule has 3 heterocycles. The van der Waals surface area contributed by atoms with Gasteiger partial charge in [0.2, 0.25) is 0 Å². The van der Waals surface area contributed by atoms with Crippen molar-refractivity contribution in [2.45, 2.75) is 61.2 Å². The lowest BCUT2D eigenvalue weighted by Crippen LogP contribution is -2.45. The number of sulfone groups is 1. The number of ketones is 1. The number of nitrogens with one attached hydrogen (secondary N) is 3. The Bertz CT molecular complexity index is 2670. The second-order valence-corrected chi connectivity index (χ2v) is 17.2. The summed E-state index contributed by atoms with van der Waals surface area (Å²) >= 11 is 0. The van der Waals surface area contributed by atoms with Crippen molar-refractivity contribution in [2.75, 3.05) is 34.8 Å². The first-order valence-corrected chi connectivity index (χ1v) is 20.9. The summed E-state index contributed by atoms with van der Waals surface area (Å²) < 4.78 is 82.7. The van der Waals surface area contributed by atoms with Gasteiger partial charge in [0.25, 0.3) is 5.91 Å². The lowest BCUT2D eigenvalue weighted by Gasteiger charge is -2.37. The molecule has 0 aliphatic carbocycles. The second-order valence-electron chi connectivity index (χ2n) is 15.2. The Morgan fingerprint density at radius 3 is 2.41 bits per heavy atom. The van der Waals surface area contributed by atoms with Crippen LogP contribution >= 0.6 is 0 Å². The molecule has 13 nitrogen and oxygen atoms in total. The van der Waals surface area contributed by atoms with Gasteiger partial charge in [0.15, 0.2) is 21.2 Å². The molecule has 5 aromatic rings. The molecule has 1 unspecified atom stereocenters. The number of Topliss-reactive ketones (excluding diaryl/α,β-unsaturated/α-hetero) is 1. The molecule has 2 aliphatic heterocycles. The molecule has 1 aromatic heterocycles. The molecule has 0 saturated heterocycles. The Hall–Kier alpha value is -6.45. The van der Waals surface area contributed by atoms with E-state index in [0.717, 1.165) is 55.1 Å². The van der Waals surface area contributed by atoms with E-state index in [1.807, 2.05) is 24.3 Å². The van der Waals surface area contributed by atoms with Crippen molar-refractivity contribution in [1.82, 2.24) is 14.8 Å². The fourth-order valence-corrected chi connectivity index (χ4v) is 9.20. The molecule has 61 heavy (non-hydrogen) atoms. The minimum absolute atomic E-state index is 0.0745. The molecular weight excluding hydrogens is 817 g/mol. The number of rotatable bonds is 14. The molecule has 4 aromatic carbocycles. The van der Waals surface area contributed by atoms with Crippen LogP contribution in [0.5, 0.6) is 0 Å². The van der Waals surface area contributed by atoms with Crippen LogP contribution in [0.15, 0.2) is 95.1 Å². The molecule has 0 radical (unpaired) electrons. The van der Waals surface area contributed by atoms with Crippen LogP contribution in [0.2, 0.25) is 0 Å². The van der Waals surface area contributed by atoms with E-state index in [1.54, 1.807) is 23.9 Å². The topological polar surface area (TPSA) is 191 Å². The molecule has 3 atom stereocenters. The number of amides is 1. The predicted octanol–water partition coefficient (Wildman–Crippen LogP) is 6.77. The summed E-state index contributed by atoms with van der Waals surface area (Å²) in [5, 5.41) is 33.0. The number of alkyl halides is 3. The number of aromatic nitrogens is 3. The average molecular weight is 857 g/mol. The monoisotopic (exact) mass is 856 g/mol. The molecule has 1 amide bonds. The SMILES string of the molecule is Cn1ncnc1[C@H]1C2=NCC(=O)c3cc(F)cc(c32)N[C@@H]1c1ccc(NCCCCCc2ccc(S(=O)(=O)CC(C)(O)C(=O)Nc3ccc(C#N)c(C(F)(F)F)c3)cc2)cc1. The van der Waals surface area contributed by atoms with Crippen molar-refractivity contribution in [2.24, 2.45) is 12.0 Å². The van der Waals surface area contributed by atoms with E-state index in [4.69, 9.17) is 5.26 Å². The van der Waals surface area contributed by atoms with E-state index in [1.165, 1.54) is 36.7 Å². The van der Waals surface area contributed by atoms with Crippen LogP contribution in [0.1, 0.15) is 82.1 Å². The highest BCUT2D eigenvalue weighted by atomic mass is 32.2. The third kappa shape index (κ3) is 9.17. The van der Waals surface area contributed by atoms with Crippen molar-refractivity contribution < 1.29 is 40.7 Å². The Labute approximate surface area is 348 Å². The molecule has 316 valence electrons. The molecule has 0 spiro atoms. The number of aliphatic imine (C=N–C) groups is 1. The largest absolute Gasteiger partial charge is 0.417 e. The summed E-state index contributed by atoms with van der Waals surface area (Å²) in [4.78, 5) is 34.5. The highest BCUT2D eigenvalue weighted by Gasteiger charge is 2.42. The van der Waals surface area contributed by atoms with Crippen molar-refractivity contribution in [1.29, 1.82) is 5.26 Å². The van der Waals surface area contributed by atoms with Gasteiger partial charge in [0, 0.05) is 41.8 Å². The Morgan fingerprint density at radius 2 is 1.74 bits per heavy atom. The second kappa shape index (κ2) is 16.9. The normalized spacial score (nSPS) is 17.0. The molecular formula is C43H40F4N8O5S. The summed E-state index contributed by atoms with van der Waals surface area (Å²) in [5.74, 6) is -2.75. The maximum atomic E-state index is 14.6. The van der Waals surface area contributed by atoms with Crippen LogP contribution < -0.4 is 16.0 Å². The molecule has 0 bridgehead atoms. The number of aliphatic hydroxyl groups is 1. The number of anilines is 3. The Balaban J connectivity index is 0.897. The number of carbonyl (C=O) groups is 2. The van der Waals surface area contributed by atoms with E-state index in [0.29, 0.717) is 47.4 Å². The van der Waals surface area contributed by atoms with Gasteiger partial charge in [0.05, 0.1) is 45.5 Å². The third-order valence-corrected chi connectivity index (χ3v) is 12.6. The first-order chi connectivity index (χ1) is 28.9. The molecule has 0 fully saturated rings. The third-order valence-electron chi connectivity index (χ3n) is 10.7. The summed E-state index contributed by atoms with van der Waals surface area (Å²) in [6.45, 7) is 1.57. The summed E-state index contributed by atoms with van der Waals surface area (Å²) in [6, 6.07) is 20.1. The molecule has 18 heteroatoms. The van der Waals surface area contributed by atoms with Crippen molar-refractivity contribution in [3.63, 3.8) is 0 Å². The first kappa shape index (κ1) is 42.7. The quantitative estimate of drug-likeness (QED) is 0.0685. The molecule has 0 saturated carbocycles. The number of unbranched alkanes of at least 4 members (excludes halogenated alkanes) is 2. The number of nitriles is 1. The number of hydrogen-bond acceptors (Lipinski definition) is 11. The van der Waals surface area contributed by atoms with Gasteiger partial charge in [-0.15, -0.1) is 0 Å². The van der Waals surface area contributed by atoms with Gasteiger partial charge in [-0.1, -0.05) is 30.7 Å². The zero-order chi connectivity index (χ0) is 43.7. The number of hydrogen-bond donors (Lipinski definition) is 4. The first-order valence-electron chi connectivity index (χ1n) is 19.3. The maximum absolute atomic E-state index is 14.6. The lowest BCUT2D eigenvalue weighted by atomic mass is 9.78. The van der Waals surface area contributed by atoms with Gasteiger partial charge >= 0.3 is 6.18 Å². The van der Waals surface area contributed by atoms with Crippen LogP contribution in [0.4, 0.5) is 34.6 Å². The average Bonchev–Trinajstić information content (AvgIpc) is 3.64. The van der Waals surface area contributed by atoms with Crippen LogP contribution in [0.3, 0.4) is 0 Å².